The Labute approximate surface area is 99.2 Å². The largest absolute Gasteiger partial charge is 0.479 e. The van der Waals surface area contributed by atoms with Crippen LogP contribution in [0.5, 0.6) is 5.75 Å². The normalized spacial score (nSPS) is 14.1. The highest BCUT2D eigenvalue weighted by molar-refractivity contribution is 5.72. The van der Waals surface area contributed by atoms with E-state index in [1.165, 1.54) is 12.1 Å². The number of benzene rings is 1. The maximum atomic E-state index is 13.1. The van der Waals surface area contributed by atoms with Gasteiger partial charge in [0, 0.05) is 17.7 Å². The maximum absolute atomic E-state index is 13.1. The van der Waals surface area contributed by atoms with Gasteiger partial charge in [0.2, 0.25) is 0 Å². The monoisotopic (exact) mass is 241 g/mol. The van der Waals surface area contributed by atoms with Crippen molar-refractivity contribution in [3.8, 4) is 5.75 Å². The van der Waals surface area contributed by atoms with E-state index in [1.807, 2.05) is 0 Å². The predicted molar refractivity (Wildman–Crippen MR) is 61.3 cm³/mol. The fourth-order valence-corrected chi connectivity index (χ4v) is 1.45. The summed E-state index contributed by atoms with van der Waals surface area (Å²) in [6.07, 6.45) is -0.696. The molecule has 0 aliphatic heterocycles. The standard InChI is InChI=1S/C12H16FNO3/c1-3-10(12(15)16)17-11-6-8(13)4-5-9(11)7(2)14/h4-7,10H,3,14H2,1-2H3,(H,15,16). The fraction of sp³-hybridized carbons (Fsp3) is 0.417. The van der Waals surface area contributed by atoms with Crippen LogP contribution in [-0.4, -0.2) is 17.2 Å². The molecule has 4 nitrogen and oxygen atoms in total. The minimum absolute atomic E-state index is 0.189. The number of aliphatic carboxylic acids is 1. The van der Waals surface area contributed by atoms with Crippen molar-refractivity contribution in [2.45, 2.75) is 32.4 Å². The molecule has 1 aromatic rings. The van der Waals surface area contributed by atoms with Crippen LogP contribution in [0.25, 0.3) is 0 Å². The Morgan fingerprint density at radius 2 is 2.24 bits per heavy atom. The van der Waals surface area contributed by atoms with Crippen LogP contribution >= 0.6 is 0 Å². The Balaban J connectivity index is 3.02. The molecule has 0 spiro atoms. The van der Waals surface area contributed by atoms with Gasteiger partial charge in [-0.15, -0.1) is 0 Å². The van der Waals surface area contributed by atoms with Crippen molar-refractivity contribution in [3.05, 3.63) is 29.6 Å². The summed E-state index contributed by atoms with van der Waals surface area (Å²) >= 11 is 0. The second-order valence-corrected chi connectivity index (χ2v) is 3.82. The molecule has 0 bridgehead atoms. The minimum Gasteiger partial charge on any atom is -0.479 e. The van der Waals surface area contributed by atoms with E-state index in [0.717, 1.165) is 6.07 Å². The molecule has 2 atom stereocenters. The van der Waals surface area contributed by atoms with E-state index in [2.05, 4.69) is 0 Å². The van der Waals surface area contributed by atoms with E-state index in [9.17, 15) is 9.18 Å². The van der Waals surface area contributed by atoms with Crippen LogP contribution in [0.15, 0.2) is 18.2 Å². The van der Waals surface area contributed by atoms with E-state index < -0.39 is 17.9 Å². The quantitative estimate of drug-likeness (QED) is 0.827. The molecule has 17 heavy (non-hydrogen) atoms. The molecule has 0 saturated heterocycles. The van der Waals surface area contributed by atoms with E-state index in [4.69, 9.17) is 15.6 Å². The molecule has 5 heteroatoms. The highest BCUT2D eigenvalue weighted by Crippen LogP contribution is 2.26. The van der Waals surface area contributed by atoms with Gasteiger partial charge in [0.15, 0.2) is 6.10 Å². The average Bonchev–Trinajstić information content (AvgIpc) is 2.25. The van der Waals surface area contributed by atoms with Crippen molar-refractivity contribution in [2.75, 3.05) is 0 Å². The first-order chi connectivity index (χ1) is 7.95. The third kappa shape index (κ3) is 3.42. The van der Waals surface area contributed by atoms with Crippen molar-refractivity contribution in [3.63, 3.8) is 0 Å². The first-order valence-corrected chi connectivity index (χ1v) is 5.40. The topological polar surface area (TPSA) is 72.5 Å². The van der Waals surface area contributed by atoms with Gasteiger partial charge in [-0.2, -0.15) is 0 Å². The fourth-order valence-electron chi connectivity index (χ4n) is 1.45. The van der Waals surface area contributed by atoms with Gasteiger partial charge < -0.3 is 15.6 Å². The first kappa shape index (κ1) is 13.4. The lowest BCUT2D eigenvalue weighted by atomic mass is 10.1. The van der Waals surface area contributed by atoms with E-state index in [0.29, 0.717) is 12.0 Å². The maximum Gasteiger partial charge on any atom is 0.344 e. The van der Waals surface area contributed by atoms with Gasteiger partial charge >= 0.3 is 5.97 Å². The van der Waals surface area contributed by atoms with Crippen LogP contribution in [0.3, 0.4) is 0 Å². The number of hydrogen-bond donors (Lipinski definition) is 2. The number of carbonyl (C=O) groups is 1. The third-order valence-electron chi connectivity index (χ3n) is 2.38. The number of hydrogen-bond acceptors (Lipinski definition) is 3. The van der Waals surface area contributed by atoms with E-state index in [-0.39, 0.29) is 11.8 Å². The highest BCUT2D eigenvalue weighted by atomic mass is 19.1. The van der Waals surface area contributed by atoms with Gasteiger partial charge in [0.05, 0.1) is 0 Å². The first-order valence-electron chi connectivity index (χ1n) is 5.40. The highest BCUT2D eigenvalue weighted by Gasteiger charge is 2.19. The zero-order valence-electron chi connectivity index (χ0n) is 9.81. The Morgan fingerprint density at radius 3 is 2.71 bits per heavy atom. The molecule has 0 aliphatic rings. The number of carboxylic acid groups (broad SMARTS) is 1. The van der Waals surface area contributed by atoms with Crippen molar-refractivity contribution >= 4 is 5.97 Å². The summed E-state index contributed by atoms with van der Waals surface area (Å²) in [5.74, 6) is -1.37. The van der Waals surface area contributed by atoms with Gasteiger partial charge in [-0.3, -0.25) is 0 Å². The molecule has 0 fully saturated rings. The van der Waals surface area contributed by atoms with Crippen LogP contribution < -0.4 is 10.5 Å². The van der Waals surface area contributed by atoms with Crippen molar-refractivity contribution < 1.29 is 19.0 Å². The van der Waals surface area contributed by atoms with Crippen LogP contribution in [0.2, 0.25) is 0 Å². The Kier molecular flexibility index (Phi) is 4.45. The molecule has 0 heterocycles. The molecule has 0 radical (unpaired) electrons. The van der Waals surface area contributed by atoms with Gasteiger partial charge in [-0.25, -0.2) is 9.18 Å². The molecule has 0 amide bonds. The lowest BCUT2D eigenvalue weighted by Gasteiger charge is -2.18. The summed E-state index contributed by atoms with van der Waals surface area (Å²) in [4.78, 5) is 10.9. The molecule has 0 aromatic heterocycles. The van der Waals surface area contributed by atoms with Crippen molar-refractivity contribution in [1.82, 2.24) is 0 Å². The number of halogens is 1. The van der Waals surface area contributed by atoms with Gasteiger partial charge in [-0.1, -0.05) is 13.0 Å². The summed E-state index contributed by atoms with van der Waals surface area (Å²) in [5.41, 5.74) is 6.30. The second-order valence-electron chi connectivity index (χ2n) is 3.82. The van der Waals surface area contributed by atoms with Crippen molar-refractivity contribution in [1.29, 1.82) is 0 Å². The van der Waals surface area contributed by atoms with Crippen LogP contribution in [0.1, 0.15) is 31.9 Å². The van der Waals surface area contributed by atoms with Gasteiger partial charge in [-0.05, 0) is 19.4 Å². The number of nitrogens with two attached hydrogens (primary N) is 1. The molecule has 94 valence electrons. The zero-order valence-corrected chi connectivity index (χ0v) is 9.81. The average molecular weight is 241 g/mol. The predicted octanol–water partition coefficient (Wildman–Crippen LogP) is 2.09. The van der Waals surface area contributed by atoms with E-state index in [1.54, 1.807) is 13.8 Å². The van der Waals surface area contributed by atoms with E-state index >= 15 is 0 Å². The van der Waals surface area contributed by atoms with Gasteiger partial charge in [0.1, 0.15) is 11.6 Å². The number of ether oxygens (including phenoxy) is 1. The van der Waals surface area contributed by atoms with Crippen molar-refractivity contribution in [2.24, 2.45) is 5.73 Å². The molecule has 0 saturated carbocycles. The number of carboxylic acids is 1. The molecule has 1 rings (SSSR count). The smallest absolute Gasteiger partial charge is 0.344 e. The molecular formula is C12H16FNO3. The molecule has 2 unspecified atom stereocenters. The van der Waals surface area contributed by atoms with Crippen LogP contribution in [0, 0.1) is 5.82 Å². The Bertz CT molecular complexity index is 407. The summed E-state index contributed by atoms with van der Waals surface area (Å²) in [6.45, 7) is 3.41. The Hall–Kier alpha value is -1.62. The number of rotatable bonds is 5. The lowest BCUT2D eigenvalue weighted by molar-refractivity contribution is -0.145. The van der Waals surface area contributed by atoms with Gasteiger partial charge in [0.25, 0.3) is 0 Å². The molecule has 0 aliphatic carbocycles. The summed E-state index contributed by atoms with van der Waals surface area (Å²) in [7, 11) is 0. The lowest BCUT2D eigenvalue weighted by Crippen LogP contribution is -2.26. The zero-order chi connectivity index (χ0) is 13.0. The summed E-state index contributed by atoms with van der Waals surface area (Å²) < 4.78 is 18.4. The molecular weight excluding hydrogens is 225 g/mol. The second kappa shape index (κ2) is 5.63. The molecule has 1 aromatic carbocycles. The summed E-state index contributed by atoms with van der Waals surface area (Å²) in [5, 5.41) is 8.88. The molecule has 3 N–H and O–H groups in total. The third-order valence-corrected chi connectivity index (χ3v) is 2.38. The van der Waals surface area contributed by atoms with Crippen LogP contribution in [-0.2, 0) is 4.79 Å². The summed E-state index contributed by atoms with van der Waals surface area (Å²) in [6, 6.07) is 3.58. The SMILES string of the molecule is CCC(Oc1cc(F)ccc1C(C)N)C(=O)O. The minimum atomic E-state index is -1.08. The van der Waals surface area contributed by atoms with Crippen LogP contribution in [0.4, 0.5) is 4.39 Å². The Morgan fingerprint density at radius 1 is 1.59 bits per heavy atom.